The van der Waals surface area contributed by atoms with Gasteiger partial charge in [0.25, 0.3) is 0 Å². The second kappa shape index (κ2) is 10.2. The number of carbonyl (C=O) groups is 1. The molecule has 0 unspecified atom stereocenters. The number of nitrogens with one attached hydrogen (secondary N) is 1. The quantitative estimate of drug-likeness (QED) is 0.205. The molecule has 0 amide bonds. The molecule has 3 aromatic carbocycles. The number of hydrogen-bond acceptors (Lipinski definition) is 8. The molecule has 1 N–H and O–H groups in total. The normalized spacial score (nSPS) is 14.5. The summed E-state index contributed by atoms with van der Waals surface area (Å²) in [4.78, 5) is 19.3. The second-order valence-electron chi connectivity index (χ2n) is 10.5. The van der Waals surface area contributed by atoms with Crippen molar-refractivity contribution in [3.63, 3.8) is 0 Å². The summed E-state index contributed by atoms with van der Waals surface area (Å²) in [5, 5.41) is 3.67. The zero-order valence-electron chi connectivity index (χ0n) is 23.6. The summed E-state index contributed by atoms with van der Waals surface area (Å²) in [6, 6.07) is 21.0. The molecule has 0 radical (unpaired) electrons. The number of ether oxygens (including phenoxy) is 4. The Morgan fingerprint density at radius 3 is 2.46 bits per heavy atom. The van der Waals surface area contributed by atoms with E-state index in [0.717, 1.165) is 39.5 Å². The number of anilines is 2. The predicted octanol–water partition coefficient (Wildman–Crippen LogP) is 6.56. The van der Waals surface area contributed by atoms with Crippen molar-refractivity contribution in [3.8, 4) is 34.3 Å². The lowest BCUT2D eigenvalue weighted by Gasteiger charge is -2.33. The zero-order chi connectivity index (χ0) is 28.7. The number of para-hydroxylation sites is 2. The molecule has 4 aromatic rings. The molecule has 0 saturated carbocycles. The minimum atomic E-state index is -0.562. The number of carbonyl (C=O) groups excluding carboxylic acids is 1. The van der Waals surface area contributed by atoms with E-state index in [1.807, 2.05) is 24.3 Å². The van der Waals surface area contributed by atoms with Crippen LogP contribution in [0.4, 0.5) is 11.4 Å². The topological polar surface area (TPSA) is 82.2 Å². The van der Waals surface area contributed by atoms with Gasteiger partial charge in [-0.2, -0.15) is 0 Å². The van der Waals surface area contributed by atoms with Crippen LogP contribution in [0.2, 0.25) is 0 Å². The van der Waals surface area contributed by atoms with Crippen LogP contribution in [0.1, 0.15) is 35.3 Å². The number of methoxy groups -OCH3 is 3. The molecular weight excluding hydrogens is 518 g/mol. The lowest BCUT2D eigenvalue weighted by atomic mass is 9.89. The van der Waals surface area contributed by atoms with Gasteiger partial charge >= 0.3 is 5.97 Å². The SMILES string of the molecule is COc1cc(OC(=O)c2cccnc2OC)ccc1-c1ccc2c3c1CN(c1ccccc1OC)C3=CC(C)(C)N2. The molecule has 2 aliphatic heterocycles. The molecule has 0 spiro atoms. The maximum atomic E-state index is 12.9. The first-order valence-corrected chi connectivity index (χ1v) is 13.3. The van der Waals surface area contributed by atoms with E-state index >= 15 is 0 Å². The van der Waals surface area contributed by atoms with Gasteiger partial charge in [-0.25, -0.2) is 9.78 Å². The summed E-state index contributed by atoms with van der Waals surface area (Å²) in [5.74, 6) is 1.41. The molecule has 0 atom stereocenters. The van der Waals surface area contributed by atoms with E-state index in [4.69, 9.17) is 18.9 Å². The lowest BCUT2D eigenvalue weighted by Crippen LogP contribution is -2.33. The Morgan fingerprint density at radius 1 is 0.902 bits per heavy atom. The van der Waals surface area contributed by atoms with Crippen LogP contribution in [0, 0.1) is 0 Å². The monoisotopic (exact) mass is 549 g/mol. The Kier molecular flexibility index (Phi) is 6.53. The van der Waals surface area contributed by atoms with Gasteiger partial charge in [0.05, 0.1) is 32.6 Å². The number of aromatic nitrogens is 1. The second-order valence-corrected chi connectivity index (χ2v) is 10.5. The molecule has 0 fully saturated rings. The molecule has 0 saturated heterocycles. The Bertz CT molecular complexity index is 1690. The first-order valence-electron chi connectivity index (χ1n) is 13.3. The molecule has 8 nitrogen and oxygen atoms in total. The van der Waals surface area contributed by atoms with Gasteiger partial charge in [-0.3, -0.25) is 0 Å². The highest BCUT2D eigenvalue weighted by atomic mass is 16.5. The van der Waals surface area contributed by atoms with Gasteiger partial charge in [0.2, 0.25) is 5.88 Å². The first kappa shape index (κ1) is 26.3. The van der Waals surface area contributed by atoms with E-state index in [1.54, 1.807) is 44.7 Å². The number of benzene rings is 3. The average Bonchev–Trinajstić information content (AvgIpc) is 3.36. The van der Waals surface area contributed by atoms with E-state index in [9.17, 15) is 4.79 Å². The summed E-state index contributed by atoms with van der Waals surface area (Å²) < 4.78 is 22.4. The van der Waals surface area contributed by atoms with Crippen LogP contribution in [-0.2, 0) is 6.54 Å². The Labute approximate surface area is 239 Å². The molecular formula is C33H31N3O5. The number of nitrogens with zero attached hydrogens (tertiary/aromatic N) is 2. The summed E-state index contributed by atoms with van der Waals surface area (Å²) in [6.45, 7) is 4.99. The van der Waals surface area contributed by atoms with Crippen molar-refractivity contribution in [3.05, 3.63) is 95.7 Å². The smallest absolute Gasteiger partial charge is 0.349 e. The maximum absolute atomic E-state index is 12.9. The third-order valence-corrected chi connectivity index (χ3v) is 7.36. The molecule has 3 heterocycles. The van der Waals surface area contributed by atoms with E-state index in [1.165, 1.54) is 12.7 Å². The van der Waals surface area contributed by atoms with Crippen molar-refractivity contribution in [1.82, 2.24) is 4.98 Å². The predicted molar refractivity (Wildman–Crippen MR) is 159 cm³/mol. The highest BCUT2D eigenvalue weighted by Crippen LogP contribution is 2.51. The van der Waals surface area contributed by atoms with Crippen molar-refractivity contribution in [2.24, 2.45) is 0 Å². The van der Waals surface area contributed by atoms with Crippen molar-refractivity contribution in [1.29, 1.82) is 0 Å². The lowest BCUT2D eigenvalue weighted by molar-refractivity contribution is 0.0730. The van der Waals surface area contributed by atoms with Crippen LogP contribution in [0.25, 0.3) is 16.8 Å². The number of hydrogen-bond donors (Lipinski definition) is 1. The molecule has 41 heavy (non-hydrogen) atoms. The van der Waals surface area contributed by atoms with E-state index < -0.39 is 5.97 Å². The van der Waals surface area contributed by atoms with Crippen LogP contribution in [0.15, 0.2) is 79.0 Å². The summed E-state index contributed by atoms with van der Waals surface area (Å²) in [7, 11) is 4.78. The van der Waals surface area contributed by atoms with Gasteiger partial charge in [0.1, 0.15) is 22.8 Å². The van der Waals surface area contributed by atoms with Crippen LogP contribution in [-0.4, -0.2) is 37.8 Å². The zero-order valence-corrected chi connectivity index (χ0v) is 23.6. The van der Waals surface area contributed by atoms with Crippen molar-refractivity contribution in [2.75, 3.05) is 31.5 Å². The van der Waals surface area contributed by atoms with Crippen LogP contribution >= 0.6 is 0 Å². The minimum Gasteiger partial charge on any atom is -0.496 e. The fourth-order valence-corrected chi connectivity index (χ4v) is 5.61. The number of esters is 1. The Hall–Kier alpha value is -4.98. The Morgan fingerprint density at radius 2 is 1.68 bits per heavy atom. The largest absolute Gasteiger partial charge is 0.496 e. The van der Waals surface area contributed by atoms with E-state index in [0.29, 0.717) is 18.0 Å². The molecule has 1 aromatic heterocycles. The molecule has 2 aliphatic rings. The number of pyridine rings is 1. The summed E-state index contributed by atoms with van der Waals surface area (Å²) in [6.07, 6.45) is 3.83. The standard InChI is InChI=1S/C33H31N3O5/c1-33(2)18-27-30-24(19-36(27)26-10-6-7-11-28(26)38-3)21(14-15-25(30)35-33)22-13-12-20(17-29(22)39-4)41-32(37)23-9-8-16-34-31(23)40-5/h6-18,35H,19H2,1-5H3. The molecule has 208 valence electrons. The van der Waals surface area contributed by atoms with Gasteiger partial charge in [-0.05, 0) is 73.5 Å². The fourth-order valence-electron chi connectivity index (χ4n) is 5.61. The van der Waals surface area contributed by atoms with Gasteiger partial charge in [0.15, 0.2) is 0 Å². The maximum Gasteiger partial charge on any atom is 0.349 e. The van der Waals surface area contributed by atoms with E-state index in [2.05, 4.69) is 53.3 Å². The minimum absolute atomic E-state index is 0.207. The van der Waals surface area contributed by atoms with Crippen molar-refractivity contribution < 1.29 is 23.7 Å². The molecule has 8 heteroatoms. The van der Waals surface area contributed by atoms with E-state index in [-0.39, 0.29) is 17.0 Å². The first-order chi connectivity index (χ1) is 19.8. The molecule has 0 aliphatic carbocycles. The third-order valence-electron chi connectivity index (χ3n) is 7.36. The fraction of sp³-hybridized carbons (Fsp3) is 0.212. The highest BCUT2D eigenvalue weighted by molar-refractivity contribution is 5.98. The van der Waals surface area contributed by atoms with Crippen molar-refractivity contribution in [2.45, 2.75) is 25.9 Å². The van der Waals surface area contributed by atoms with Gasteiger partial charge < -0.3 is 29.2 Å². The summed E-state index contributed by atoms with van der Waals surface area (Å²) >= 11 is 0. The van der Waals surface area contributed by atoms with Gasteiger partial charge in [-0.15, -0.1) is 0 Å². The highest BCUT2D eigenvalue weighted by Gasteiger charge is 2.37. The average molecular weight is 550 g/mol. The van der Waals surface area contributed by atoms with Crippen molar-refractivity contribution >= 4 is 23.0 Å². The third kappa shape index (κ3) is 4.61. The van der Waals surface area contributed by atoms with Crippen LogP contribution in [0.5, 0.6) is 23.1 Å². The Balaban J connectivity index is 1.41. The molecule has 0 bridgehead atoms. The van der Waals surface area contributed by atoms with Gasteiger partial charge in [0, 0.05) is 41.3 Å². The van der Waals surface area contributed by atoms with Crippen LogP contribution in [0.3, 0.4) is 0 Å². The summed E-state index contributed by atoms with van der Waals surface area (Å²) in [5.41, 5.74) is 7.51. The number of rotatable bonds is 7. The molecule has 6 rings (SSSR count). The van der Waals surface area contributed by atoms with Crippen LogP contribution < -0.4 is 29.2 Å². The van der Waals surface area contributed by atoms with Gasteiger partial charge in [-0.1, -0.05) is 18.2 Å².